The van der Waals surface area contributed by atoms with Crippen molar-refractivity contribution in [3.63, 3.8) is 0 Å². The number of sulfonamides is 1. The fourth-order valence-corrected chi connectivity index (χ4v) is 3.50. The first kappa shape index (κ1) is 17.7. The lowest BCUT2D eigenvalue weighted by molar-refractivity contribution is 0.0699. The Morgan fingerprint density at radius 3 is 2.43 bits per heavy atom. The van der Waals surface area contributed by atoms with Crippen molar-refractivity contribution in [3.05, 3.63) is 18.0 Å². The predicted octanol–water partition coefficient (Wildman–Crippen LogP) is 0.498. The Labute approximate surface area is 125 Å². The second-order valence-electron chi connectivity index (χ2n) is 4.87. The van der Waals surface area contributed by atoms with Crippen LogP contribution in [0.25, 0.3) is 0 Å². The fraction of sp³-hybridized carbons (Fsp3) is 0.615. The van der Waals surface area contributed by atoms with Crippen molar-refractivity contribution in [2.45, 2.75) is 31.8 Å². The second-order valence-corrected chi connectivity index (χ2v) is 6.81. The molecule has 1 unspecified atom stereocenters. The smallest absolute Gasteiger partial charge is 0.270 e. The molecule has 0 aliphatic rings. The lowest BCUT2D eigenvalue weighted by atomic mass is 10.3. The second kappa shape index (κ2) is 7.06. The Morgan fingerprint density at radius 2 is 1.95 bits per heavy atom. The first-order chi connectivity index (χ1) is 9.73. The zero-order valence-corrected chi connectivity index (χ0v) is 13.6. The number of likely N-dealkylation sites (N-methyl/N-ethyl adjacent to an activating group) is 1. The molecule has 1 aromatic rings. The minimum Gasteiger partial charge on any atom is -0.392 e. The molecule has 1 amide bonds. The number of aliphatic hydroxyl groups excluding tert-OH is 1. The zero-order chi connectivity index (χ0) is 16.2. The molecule has 0 aliphatic heterocycles. The normalized spacial score (nSPS) is 13.4. The molecule has 1 aromatic heterocycles. The third-order valence-electron chi connectivity index (χ3n) is 3.11. The third-order valence-corrected chi connectivity index (χ3v) is 5.14. The van der Waals surface area contributed by atoms with Gasteiger partial charge in [0.15, 0.2) is 0 Å². The van der Waals surface area contributed by atoms with E-state index in [1.54, 1.807) is 27.8 Å². The number of carbonyl (C=O) groups excluding carboxylic acids is 1. The molecule has 0 saturated carbocycles. The van der Waals surface area contributed by atoms with E-state index in [9.17, 15) is 18.3 Å². The Balaban J connectivity index is 2.98. The van der Waals surface area contributed by atoms with Crippen LogP contribution < -0.4 is 0 Å². The number of aromatic amines is 1. The molecule has 2 N–H and O–H groups in total. The lowest BCUT2D eigenvalue weighted by Crippen LogP contribution is -2.33. The standard InChI is InChI=1S/C13H23N3O4S/c1-5-16(6-2)21(19,20)11-7-12(14-8-11)13(18)15(4)9-10(3)17/h7-8,10,14,17H,5-6,9H2,1-4H3. The van der Waals surface area contributed by atoms with Crippen LogP contribution in [0.3, 0.4) is 0 Å². The summed E-state index contributed by atoms with van der Waals surface area (Å²) >= 11 is 0. The van der Waals surface area contributed by atoms with Gasteiger partial charge >= 0.3 is 0 Å². The van der Waals surface area contributed by atoms with E-state index in [-0.39, 0.29) is 23.0 Å². The molecule has 1 rings (SSSR count). The molecule has 0 radical (unpaired) electrons. The van der Waals surface area contributed by atoms with Crippen LogP contribution in [0, 0.1) is 0 Å². The highest BCUT2D eigenvalue weighted by Crippen LogP contribution is 2.17. The number of carbonyl (C=O) groups is 1. The van der Waals surface area contributed by atoms with E-state index in [1.165, 1.54) is 21.5 Å². The summed E-state index contributed by atoms with van der Waals surface area (Å²) in [5.41, 5.74) is 0.184. The van der Waals surface area contributed by atoms with Crippen LogP contribution in [0.15, 0.2) is 17.2 Å². The molecule has 0 bridgehead atoms. The van der Waals surface area contributed by atoms with Crippen molar-refractivity contribution in [1.29, 1.82) is 0 Å². The van der Waals surface area contributed by atoms with Crippen LogP contribution in [0.4, 0.5) is 0 Å². The largest absolute Gasteiger partial charge is 0.392 e. The summed E-state index contributed by atoms with van der Waals surface area (Å²) in [7, 11) is -2.03. The van der Waals surface area contributed by atoms with Crippen LogP contribution in [0.1, 0.15) is 31.3 Å². The molecule has 8 heteroatoms. The van der Waals surface area contributed by atoms with Gasteiger partial charge in [-0.15, -0.1) is 0 Å². The van der Waals surface area contributed by atoms with Gasteiger partial charge in [0.1, 0.15) is 10.6 Å². The monoisotopic (exact) mass is 317 g/mol. The van der Waals surface area contributed by atoms with Gasteiger partial charge in [0.2, 0.25) is 10.0 Å². The minimum absolute atomic E-state index is 0.0694. The Bertz CT molecular complexity index is 576. The van der Waals surface area contributed by atoms with Gasteiger partial charge in [0.25, 0.3) is 5.91 Å². The molecule has 1 heterocycles. The maximum Gasteiger partial charge on any atom is 0.270 e. The molecule has 0 spiro atoms. The van der Waals surface area contributed by atoms with E-state index >= 15 is 0 Å². The highest BCUT2D eigenvalue weighted by Gasteiger charge is 2.25. The van der Waals surface area contributed by atoms with Gasteiger partial charge in [-0.05, 0) is 13.0 Å². The quantitative estimate of drug-likeness (QED) is 0.765. The van der Waals surface area contributed by atoms with Crippen LogP contribution >= 0.6 is 0 Å². The third kappa shape index (κ3) is 4.05. The molecule has 0 aromatic carbocycles. The van der Waals surface area contributed by atoms with Crippen molar-refractivity contribution in [2.75, 3.05) is 26.7 Å². The van der Waals surface area contributed by atoms with Gasteiger partial charge in [-0.25, -0.2) is 8.42 Å². The Morgan fingerprint density at radius 1 is 1.38 bits per heavy atom. The summed E-state index contributed by atoms with van der Waals surface area (Å²) < 4.78 is 26.0. The number of aliphatic hydroxyl groups is 1. The highest BCUT2D eigenvalue weighted by atomic mass is 32.2. The van der Waals surface area contributed by atoms with Crippen LogP contribution in [-0.4, -0.2) is 66.4 Å². The van der Waals surface area contributed by atoms with Crippen molar-refractivity contribution in [1.82, 2.24) is 14.2 Å². The van der Waals surface area contributed by atoms with E-state index in [4.69, 9.17) is 0 Å². The molecular formula is C13H23N3O4S. The number of H-pyrrole nitrogens is 1. The molecule has 7 nitrogen and oxygen atoms in total. The van der Waals surface area contributed by atoms with Gasteiger partial charge in [0.05, 0.1) is 6.10 Å². The topological polar surface area (TPSA) is 93.7 Å². The number of nitrogens with one attached hydrogen (secondary N) is 1. The summed E-state index contributed by atoms with van der Waals surface area (Å²) in [5, 5.41) is 9.28. The van der Waals surface area contributed by atoms with Crippen molar-refractivity contribution in [2.24, 2.45) is 0 Å². The van der Waals surface area contributed by atoms with Crippen molar-refractivity contribution >= 4 is 15.9 Å². The molecule has 1 atom stereocenters. The van der Waals surface area contributed by atoms with Crippen LogP contribution in [-0.2, 0) is 10.0 Å². The molecule has 21 heavy (non-hydrogen) atoms. The Hall–Kier alpha value is -1.38. The lowest BCUT2D eigenvalue weighted by Gasteiger charge is -2.18. The number of amides is 1. The summed E-state index contributed by atoms with van der Waals surface area (Å²) in [6.07, 6.45) is 0.671. The molecule has 0 fully saturated rings. The van der Waals surface area contributed by atoms with E-state index in [0.717, 1.165) is 0 Å². The van der Waals surface area contributed by atoms with Crippen molar-refractivity contribution in [3.8, 4) is 0 Å². The van der Waals surface area contributed by atoms with Gasteiger partial charge in [0, 0.05) is 32.9 Å². The first-order valence-corrected chi connectivity index (χ1v) is 8.30. The average Bonchev–Trinajstić information content (AvgIpc) is 2.88. The maximum atomic E-state index is 12.3. The van der Waals surface area contributed by atoms with E-state index in [0.29, 0.717) is 13.1 Å². The SMILES string of the molecule is CCN(CC)S(=O)(=O)c1c[nH]c(C(=O)N(C)CC(C)O)c1. The van der Waals surface area contributed by atoms with E-state index < -0.39 is 16.1 Å². The van der Waals surface area contributed by atoms with Gasteiger partial charge in [-0.3, -0.25) is 4.79 Å². The first-order valence-electron chi connectivity index (χ1n) is 6.86. The van der Waals surface area contributed by atoms with E-state index in [1.807, 2.05) is 0 Å². The predicted molar refractivity (Wildman–Crippen MR) is 79.5 cm³/mol. The van der Waals surface area contributed by atoms with Gasteiger partial charge in [-0.1, -0.05) is 13.8 Å². The highest BCUT2D eigenvalue weighted by molar-refractivity contribution is 7.89. The summed E-state index contributed by atoms with van der Waals surface area (Å²) in [4.78, 5) is 16.2. The minimum atomic E-state index is -3.58. The molecule has 0 saturated heterocycles. The van der Waals surface area contributed by atoms with E-state index in [2.05, 4.69) is 4.98 Å². The summed E-state index contributed by atoms with van der Waals surface area (Å²) in [6, 6.07) is 1.33. The number of rotatable bonds is 7. The summed E-state index contributed by atoms with van der Waals surface area (Å²) in [6.45, 7) is 6.02. The van der Waals surface area contributed by atoms with Crippen LogP contribution in [0.2, 0.25) is 0 Å². The zero-order valence-electron chi connectivity index (χ0n) is 12.8. The molecule has 0 aliphatic carbocycles. The maximum absolute atomic E-state index is 12.3. The number of hydrogen-bond donors (Lipinski definition) is 2. The van der Waals surface area contributed by atoms with Gasteiger partial charge in [-0.2, -0.15) is 4.31 Å². The number of hydrogen-bond acceptors (Lipinski definition) is 4. The van der Waals surface area contributed by atoms with Gasteiger partial charge < -0.3 is 15.0 Å². The van der Waals surface area contributed by atoms with Crippen molar-refractivity contribution < 1.29 is 18.3 Å². The van der Waals surface area contributed by atoms with Crippen LogP contribution in [0.5, 0.6) is 0 Å². The molecular weight excluding hydrogens is 294 g/mol. The fourth-order valence-electron chi connectivity index (χ4n) is 2.04. The summed E-state index contributed by atoms with van der Waals surface area (Å²) in [5.74, 6) is -0.364. The Kier molecular flexibility index (Phi) is 5.94. The number of aromatic nitrogens is 1. The average molecular weight is 317 g/mol. The molecule has 120 valence electrons. The number of nitrogens with zero attached hydrogens (tertiary/aromatic N) is 2.